The number of esters is 1. The van der Waals surface area contributed by atoms with Crippen molar-refractivity contribution in [3.05, 3.63) is 89.5 Å². The second-order valence-electron chi connectivity index (χ2n) is 6.77. The van der Waals surface area contributed by atoms with Crippen LogP contribution in [0.1, 0.15) is 22.8 Å². The van der Waals surface area contributed by atoms with E-state index in [9.17, 15) is 14.9 Å². The highest BCUT2D eigenvalue weighted by atomic mass is 16.5. The largest absolute Gasteiger partial charge is 0.497 e. The first kappa shape index (κ1) is 23.1. The molecular formula is C26H22N2O5. The number of nitrogens with zero attached hydrogens (tertiary/aromatic N) is 1. The molecule has 33 heavy (non-hydrogen) atoms. The van der Waals surface area contributed by atoms with Crippen LogP contribution in [0.3, 0.4) is 0 Å². The zero-order valence-corrected chi connectivity index (χ0v) is 18.2. The maximum absolute atomic E-state index is 12.5. The van der Waals surface area contributed by atoms with Crippen molar-refractivity contribution in [2.24, 2.45) is 0 Å². The lowest BCUT2D eigenvalue weighted by Gasteiger charge is -2.08. The summed E-state index contributed by atoms with van der Waals surface area (Å²) in [5.74, 6) is 0.553. The Bertz CT molecular complexity index is 1190. The highest BCUT2D eigenvalue weighted by Crippen LogP contribution is 2.20. The van der Waals surface area contributed by atoms with Crippen molar-refractivity contribution < 1.29 is 23.8 Å². The maximum atomic E-state index is 12.5. The number of hydrogen-bond donors (Lipinski definition) is 1. The summed E-state index contributed by atoms with van der Waals surface area (Å²) in [6.07, 6.45) is 1.46. The molecule has 0 heterocycles. The number of methoxy groups -OCH3 is 1. The van der Waals surface area contributed by atoms with Gasteiger partial charge in [-0.3, -0.25) is 4.79 Å². The summed E-state index contributed by atoms with van der Waals surface area (Å²) in [5, 5.41) is 12.1. The minimum atomic E-state index is -0.541. The Balaban J connectivity index is 1.66. The van der Waals surface area contributed by atoms with Gasteiger partial charge in [-0.25, -0.2) is 4.79 Å². The van der Waals surface area contributed by atoms with E-state index in [1.807, 2.05) is 13.0 Å². The van der Waals surface area contributed by atoms with Gasteiger partial charge in [0, 0.05) is 11.8 Å². The fourth-order valence-electron chi connectivity index (χ4n) is 2.87. The second-order valence-corrected chi connectivity index (χ2v) is 6.77. The van der Waals surface area contributed by atoms with Crippen LogP contribution in [-0.4, -0.2) is 25.6 Å². The highest BCUT2D eigenvalue weighted by Gasteiger charge is 2.11. The van der Waals surface area contributed by atoms with E-state index in [2.05, 4.69) is 5.32 Å². The molecule has 0 bridgehead atoms. The van der Waals surface area contributed by atoms with Crippen molar-refractivity contribution in [3.63, 3.8) is 0 Å². The molecule has 0 aromatic heterocycles. The quantitative estimate of drug-likeness (QED) is 0.232. The van der Waals surface area contributed by atoms with Gasteiger partial charge in [-0.1, -0.05) is 18.2 Å². The lowest BCUT2D eigenvalue weighted by Crippen LogP contribution is -2.13. The molecular weight excluding hydrogens is 420 g/mol. The van der Waals surface area contributed by atoms with Gasteiger partial charge in [0.2, 0.25) is 0 Å². The first-order valence-electron chi connectivity index (χ1n) is 10.1. The minimum absolute atomic E-state index is 0.0696. The third-order valence-electron chi connectivity index (χ3n) is 4.50. The number of carbonyl (C=O) groups is 2. The maximum Gasteiger partial charge on any atom is 0.343 e. The lowest BCUT2D eigenvalue weighted by molar-refractivity contribution is -0.112. The number of ether oxygens (including phenoxy) is 3. The van der Waals surface area contributed by atoms with Crippen LogP contribution in [0.5, 0.6) is 17.2 Å². The SMILES string of the molecule is CCOc1cccc(NC(=O)/C(C#N)=C/c2ccc(OC(=O)c3ccc(OC)cc3)cc2)c1. The number of hydrogen-bond acceptors (Lipinski definition) is 6. The fourth-order valence-corrected chi connectivity index (χ4v) is 2.87. The van der Waals surface area contributed by atoms with Crippen LogP contribution in [0, 0.1) is 11.3 Å². The zero-order valence-electron chi connectivity index (χ0n) is 18.2. The van der Waals surface area contributed by atoms with Crippen LogP contribution in [0.4, 0.5) is 5.69 Å². The molecule has 0 unspecified atom stereocenters. The topological polar surface area (TPSA) is 97.6 Å². The van der Waals surface area contributed by atoms with Gasteiger partial charge in [0.25, 0.3) is 5.91 Å². The van der Waals surface area contributed by atoms with Crippen LogP contribution in [0.15, 0.2) is 78.4 Å². The van der Waals surface area contributed by atoms with E-state index in [0.717, 1.165) is 0 Å². The summed E-state index contributed by atoms with van der Waals surface area (Å²) < 4.78 is 15.8. The van der Waals surface area contributed by atoms with Crippen molar-refractivity contribution in [1.29, 1.82) is 5.26 Å². The molecule has 0 aliphatic carbocycles. The number of rotatable bonds is 8. The summed E-state index contributed by atoms with van der Waals surface area (Å²) in [6, 6.07) is 21.9. The van der Waals surface area contributed by atoms with E-state index in [4.69, 9.17) is 14.2 Å². The number of benzene rings is 3. The molecule has 0 spiro atoms. The first-order valence-corrected chi connectivity index (χ1v) is 10.1. The standard InChI is InChI=1S/C26H22N2O5/c1-3-32-24-6-4-5-21(16-24)28-25(29)20(17-27)15-18-7-11-23(12-8-18)33-26(30)19-9-13-22(31-2)14-10-19/h4-16H,3H2,1-2H3,(H,28,29)/b20-15+. The van der Waals surface area contributed by atoms with E-state index in [-0.39, 0.29) is 5.57 Å². The Morgan fingerprint density at radius 3 is 2.30 bits per heavy atom. The molecule has 1 N–H and O–H groups in total. The van der Waals surface area contributed by atoms with Crippen LogP contribution in [-0.2, 0) is 4.79 Å². The number of anilines is 1. The number of nitrogens with one attached hydrogen (secondary N) is 1. The fraction of sp³-hybridized carbons (Fsp3) is 0.115. The molecule has 1 amide bonds. The highest BCUT2D eigenvalue weighted by molar-refractivity contribution is 6.09. The monoisotopic (exact) mass is 442 g/mol. The Morgan fingerprint density at radius 2 is 1.67 bits per heavy atom. The van der Waals surface area contributed by atoms with Gasteiger partial charge >= 0.3 is 5.97 Å². The lowest BCUT2D eigenvalue weighted by atomic mass is 10.1. The molecule has 0 saturated carbocycles. The molecule has 0 fully saturated rings. The second kappa shape index (κ2) is 11.2. The van der Waals surface area contributed by atoms with Crippen molar-refractivity contribution in [3.8, 4) is 23.3 Å². The Kier molecular flexibility index (Phi) is 7.81. The molecule has 3 aromatic rings. The molecule has 0 aliphatic rings. The number of nitriles is 1. The molecule has 7 heteroatoms. The molecule has 7 nitrogen and oxygen atoms in total. The smallest absolute Gasteiger partial charge is 0.343 e. The summed E-state index contributed by atoms with van der Waals surface area (Å²) in [4.78, 5) is 24.8. The van der Waals surface area contributed by atoms with Gasteiger partial charge < -0.3 is 19.5 Å². The van der Waals surface area contributed by atoms with Crippen molar-refractivity contribution in [2.75, 3.05) is 19.0 Å². The summed E-state index contributed by atoms with van der Waals surface area (Å²) in [7, 11) is 1.55. The molecule has 166 valence electrons. The summed E-state index contributed by atoms with van der Waals surface area (Å²) in [6.45, 7) is 2.37. The Hall–Kier alpha value is -4.57. The summed E-state index contributed by atoms with van der Waals surface area (Å²) >= 11 is 0. The van der Waals surface area contributed by atoms with Gasteiger partial charge in [0.15, 0.2) is 0 Å². The van der Waals surface area contributed by atoms with Crippen LogP contribution in [0.2, 0.25) is 0 Å². The van der Waals surface area contributed by atoms with Crippen molar-refractivity contribution in [2.45, 2.75) is 6.92 Å². The van der Waals surface area contributed by atoms with Gasteiger partial charge in [-0.15, -0.1) is 0 Å². The first-order chi connectivity index (χ1) is 16.0. The van der Waals surface area contributed by atoms with E-state index in [0.29, 0.717) is 40.7 Å². The van der Waals surface area contributed by atoms with E-state index in [1.165, 1.54) is 6.08 Å². The van der Waals surface area contributed by atoms with Gasteiger partial charge in [-0.2, -0.15) is 5.26 Å². The number of amides is 1. The molecule has 0 saturated heterocycles. The van der Waals surface area contributed by atoms with Crippen LogP contribution < -0.4 is 19.5 Å². The average molecular weight is 442 g/mol. The Labute approximate surface area is 191 Å². The number of carbonyl (C=O) groups excluding carboxylic acids is 2. The van der Waals surface area contributed by atoms with E-state index < -0.39 is 11.9 Å². The molecule has 3 aromatic carbocycles. The third-order valence-corrected chi connectivity index (χ3v) is 4.50. The van der Waals surface area contributed by atoms with Crippen molar-refractivity contribution in [1.82, 2.24) is 0 Å². The van der Waals surface area contributed by atoms with E-state index >= 15 is 0 Å². The minimum Gasteiger partial charge on any atom is -0.497 e. The summed E-state index contributed by atoms with van der Waals surface area (Å²) in [5.41, 5.74) is 1.44. The van der Waals surface area contributed by atoms with Gasteiger partial charge in [0.05, 0.1) is 19.3 Å². The predicted molar refractivity (Wildman–Crippen MR) is 124 cm³/mol. The zero-order chi connectivity index (χ0) is 23.6. The molecule has 3 rings (SSSR count). The molecule has 0 aliphatic heterocycles. The van der Waals surface area contributed by atoms with Crippen molar-refractivity contribution >= 4 is 23.6 Å². The molecule has 0 radical (unpaired) electrons. The van der Waals surface area contributed by atoms with Gasteiger partial charge in [0.1, 0.15) is 28.9 Å². The Morgan fingerprint density at radius 1 is 0.970 bits per heavy atom. The van der Waals surface area contributed by atoms with Gasteiger partial charge in [-0.05, 0) is 67.1 Å². The van der Waals surface area contributed by atoms with Crippen LogP contribution >= 0.6 is 0 Å². The predicted octanol–water partition coefficient (Wildman–Crippen LogP) is 4.86. The normalized spacial score (nSPS) is 10.6. The third kappa shape index (κ3) is 6.45. The average Bonchev–Trinajstić information content (AvgIpc) is 2.84. The molecule has 0 atom stereocenters. The van der Waals surface area contributed by atoms with E-state index in [1.54, 1.807) is 79.9 Å². The van der Waals surface area contributed by atoms with Crippen LogP contribution in [0.25, 0.3) is 6.08 Å².